The van der Waals surface area contributed by atoms with E-state index in [-0.39, 0.29) is 17.1 Å². The van der Waals surface area contributed by atoms with Crippen LogP contribution < -0.4 is 10.2 Å². The lowest BCUT2D eigenvalue weighted by molar-refractivity contribution is 0.0952. The molecule has 3 N–H and O–H groups in total. The minimum absolute atomic E-state index is 0.00208. The van der Waals surface area contributed by atoms with Gasteiger partial charge in [0.15, 0.2) is 11.5 Å². The second kappa shape index (κ2) is 7.64. The van der Waals surface area contributed by atoms with E-state index in [2.05, 4.69) is 26.5 Å². The summed E-state index contributed by atoms with van der Waals surface area (Å²) in [5, 5.41) is 23.3. The summed E-state index contributed by atoms with van der Waals surface area (Å²) in [4.78, 5) is 11.9. The van der Waals surface area contributed by atoms with E-state index in [0.717, 1.165) is 0 Å². The Morgan fingerprint density at radius 3 is 2.78 bits per heavy atom. The number of nitrogens with one attached hydrogen (secondary N) is 1. The molecule has 0 aliphatic heterocycles. The number of phenols is 2. The molecule has 0 atom stereocenters. The fraction of sp³-hybridized carbons (Fsp3) is 0.125. The van der Waals surface area contributed by atoms with Crippen LogP contribution in [0.15, 0.2) is 46.0 Å². The molecule has 0 heterocycles. The van der Waals surface area contributed by atoms with Crippen LogP contribution in [0.1, 0.15) is 22.8 Å². The zero-order valence-electron chi connectivity index (χ0n) is 12.3. The smallest absolute Gasteiger partial charge is 0.275 e. The molecule has 0 bridgehead atoms. The summed E-state index contributed by atoms with van der Waals surface area (Å²) in [6, 6.07) is 9.41. The largest absolute Gasteiger partial charge is 0.507 e. The summed E-state index contributed by atoms with van der Waals surface area (Å²) in [7, 11) is 0. The summed E-state index contributed by atoms with van der Waals surface area (Å²) in [6.07, 6.45) is 1.41. The van der Waals surface area contributed by atoms with Crippen molar-refractivity contribution in [2.24, 2.45) is 5.10 Å². The number of hydrazone groups is 1. The summed E-state index contributed by atoms with van der Waals surface area (Å²) in [5.41, 5.74) is 3.08. The molecule has 0 saturated carbocycles. The molecule has 0 aromatic heterocycles. The van der Waals surface area contributed by atoms with Crippen LogP contribution in [0.25, 0.3) is 0 Å². The number of carbonyl (C=O) groups is 1. The molecule has 6 nitrogen and oxygen atoms in total. The van der Waals surface area contributed by atoms with Crippen LogP contribution in [-0.4, -0.2) is 28.9 Å². The first kappa shape index (κ1) is 16.8. The van der Waals surface area contributed by atoms with E-state index in [1.165, 1.54) is 18.3 Å². The minimum Gasteiger partial charge on any atom is -0.507 e. The van der Waals surface area contributed by atoms with Gasteiger partial charge in [-0.05, 0) is 52.7 Å². The maximum Gasteiger partial charge on any atom is 0.275 e. The SMILES string of the molecule is CCOc1cc(/C=N\NC(=O)c2ccccc2O)cc(Br)c1O. The van der Waals surface area contributed by atoms with E-state index in [1.807, 2.05) is 0 Å². The molecule has 0 saturated heterocycles. The fourth-order valence-corrected chi connectivity index (χ4v) is 2.28. The predicted octanol–water partition coefficient (Wildman–Crippen LogP) is 3.02. The number of rotatable bonds is 5. The highest BCUT2D eigenvalue weighted by Crippen LogP contribution is 2.35. The van der Waals surface area contributed by atoms with Crippen LogP contribution in [-0.2, 0) is 0 Å². The second-order valence-corrected chi connectivity index (χ2v) is 5.35. The average molecular weight is 379 g/mol. The van der Waals surface area contributed by atoms with Crippen LogP contribution >= 0.6 is 15.9 Å². The monoisotopic (exact) mass is 378 g/mol. The molecule has 0 aliphatic rings. The first-order valence-corrected chi connectivity index (χ1v) is 7.59. The standard InChI is InChI=1S/C16H15BrN2O4/c1-2-23-14-8-10(7-12(17)15(14)21)9-18-19-16(22)11-5-3-4-6-13(11)20/h3-9,20-21H,2H2,1H3,(H,19,22)/b18-9-. The van der Waals surface area contributed by atoms with Crippen molar-refractivity contribution in [2.45, 2.75) is 6.92 Å². The molecular formula is C16H15BrN2O4. The van der Waals surface area contributed by atoms with Gasteiger partial charge in [-0.15, -0.1) is 0 Å². The average Bonchev–Trinajstić information content (AvgIpc) is 2.52. The van der Waals surface area contributed by atoms with E-state index in [9.17, 15) is 15.0 Å². The van der Waals surface area contributed by atoms with Gasteiger partial charge in [-0.1, -0.05) is 12.1 Å². The zero-order valence-corrected chi connectivity index (χ0v) is 13.9. The molecule has 0 unspecified atom stereocenters. The van der Waals surface area contributed by atoms with E-state index in [0.29, 0.717) is 22.4 Å². The van der Waals surface area contributed by atoms with Gasteiger partial charge in [-0.2, -0.15) is 5.10 Å². The summed E-state index contributed by atoms with van der Waals surface area (Å²) >= 11 is 3.22. The quantitative estimate of drug-likeness (QED) is 0.550. The maximum absolute atomic E-state index is 11.9. The number of nitrogens with zero attached hydrogens (tertiary/aromatic N) is 1. The van der Waals surface area contributed by atoms with Gasteiger partial charge >= 0.3 is 0 Å². The molecule has 1 amide bonds. The number of ether oxygens (including phenoxy) is 1. The Morgan fingerprint density at radius 1 is 1.35 bits per heavy atom. The summed E-state index contributed by atoms with van der Waals surface area (Å²) in [5.74, 6) is -0.328. The number of phenolic OH excluding ortho intramolecular Hbond substituents is 2. The molecule has 120 valence electrons. The molecule has 0 fully saturated rings. The lowest BCUT2D eigenvalue weighted by Crippen LogP contribution is -2.17. The Bertz CT molecular complexity index is 747. The van der Waals surface area contributed by atoms with E-state index in [1.54, 1.807) is 31.2 Å². The number of carbonyl (C=O) groups excluding carboxylic acids is 1. The third-order valence-electron chi connectivity index (χ3n) is 2.88. The lowest BCUT2D eigenvalue weighted by Gasteiger charge is -2.08. The van der Waals surface area contributed by atoms with E-state index in [4.69, 9.17) is 4.74 Å². The first-order valence-electron chi connectivity index (χ1n) is 6.79. The van der Waals surface area contributed by atoms with Crippen molar-refractivity contribution < 1.29 is 19.7 Å². The van der Waals surface area contributed by atoms with Gasteiger partial charge in [-0.3, -0.25) is 4.79 Å². The van der Waals surface area contributed by atoms with Gasteiger partial charge in [0.1, 0.15) is 5.75 Å². The van der Waals surface area contributed by atoms with Crippen molar-refractivity contribution >= 4 is 28.1 Å². The predicted molar refractivity (Wildman–Crippen MR) is 90.1 cm³/mol. The number of amides is 1. The summed E-state index contributed by atoms with van der Waals surface area (Å²) in [6.45, 7) is 2.21. The third-order valence-corrected chi connectivity index (χ3v) is 3.48. The molecule has 2 aromatic rings. The van der Waals surface area contributed by atoms with Crippen molar-refractivity contribution in [3.05, 3.63) is 52.0 Å². The highest BCUT2D eigenvalue weighted by atomic mass is 79.9. The maximum atomic E-state index is 11.9. The highest BCUT2D eigenvalue weighted by molar-refractivity contribution is 9.10. The van der Waals surface area contributed by atoms with Crippen LogP contribution in [0.3, 0.4) is 0 Å². The van der Waals surface area contributed by atoms with Crippen molar-refractivity contribution in [1.82, 2.24) is 5.43 Å². The van der Waals surface area contributed by atoms with Crippen LogP contribution in [0.2, 0.25) is 0 Å². The second-order valence-electron chi connectivity index (χ2n) is 4.50. The molecule has 2 aromatic carbocycles. The molecule has 23 heavy (non-hydrogen) atoms. The Kier molecular flexibility index (Phi) is 5.59. The normalized spacial score (nSPS) is 10.7. The lowest BCUT2D eigenvalue weighted by atomic mass is 10.2. The van der Waals surface area contributed by atoms with Gasteiger partial charge < -0.3 is 14.9 Å². The fourth-order valence-electron chi connectivity index (χ4n) is 1.83. The summed E-state index contributed by atoms with van der Waals surface area (Å²) < 4.78 is 5.76. The van der Waals surface area contributed by atoms with E-state index >= 15 is 0 Å². The van der Waals surface area contributed by atoms with E-state index < -0.39 is 5.91 Å². The van der Waals surface area contributed by atoms with Crippen molar-refractivity contribution in [1.29, 1.82) is 0 Å². The zero-order chi connectivity index (χ0) is 16.8. The molecule has 0 aliphatic carbocycles. The Hall–Kier alpha value is -2.54. The van der Waals surface area contributed by atoms with Crippen molar-refractivity contribution in [3.63, 3.8) is 0 Å². The molecule has 0 radical (unpaired) electrons. The van der Waals surface area contributed by atoms with Crippen LogP contribution in [0.4, 0.5) is 0 Å². The number of aromatic hydroxyl groups is 2. The Morgan fingerprint density at radius 2 is 2.09 bits per heavy atom. The number of hydrogen-bond acceptors (Lipinski definition) is 5. The number of halogens is 1. The van der Waals surface area contributed by atoms with Gasteiger partial charge in [-0.25, -0.2) is 5.43 Å². The van der Waals surface area contributed by atoms with Gasteiger partial charge in [0.2, 0.25) is 0 Å². The number of para-hydroxylation sites is 1. The molecular weight excluding hydrogens is 364 g/mol. The molecule has 0 spiro atoms. The Balaban J connectivity index is 2.12. The van der Waals surface area contributed by atoms with Gasteiger partial charge in [0, 0.05) is 0 Å². The number of hydrogen-bond donors (Lipinski definition) is 3. The first-order chi connectivity index (χ1) is 11.0. The van der Waals surface area contributed by atoms with Crippen LogP contribution in [0, 0.1) is 0 Å². The Labute approximate surface area is 141 Å². The number of benzene rings is 2. The van der Waals surface area contributed by atoms with Gasteiger partial charge in [0.25, 0.3) is 5.91 Å². The molecule has 7 heteroatoms. The molecule has 2 rings (SSSR count). The highest BCUT2D eigenvalue weighted by Gasteiger charge is 2.10. The van der Waals surface area contributed by atoms with Crippen molar-refractivity contribution in [3.8, 4) is 17.2 Å². The topological polar surface area (TPSA) is 91.2 Å². The third kappa shape index (κ3) is 4.23. The van der Waals surface area contributed by atoms with Gasteiger partial charge in [0.05, 0.1) is 22.9 Å². The van der Waals surface area contributed by atoms with Crippen molar-refractivity contribution in [2.75, 3.05) is 6.61 Å². The van der Waals surface area contributed by atoms with Crippen LogP contribution in [0.5, 0.6) is 17.2 Å². The minimum atomic E-state index is -0.526.